The van der Waals surface area contributed by atoms with E-state index in [4.69, 9.17) is 17.0 Å². The minimum Gasteiger partial charge on any atom is -0.465 e. The van der Waals surface area contributed by atoms with Crippen LogP contribution in [0.2, 0.25) is 0 Å². The van der Waals surface area contributed by atoms with E-state index in [1.165, 1.54) is 7.11 Å². The normalized spacial score (nSPS) is 16.0. The van der Waals surface area contributed by atoms with Crippen LogP contribution in [0.25, 0.3) is 0 Å². The summed E-state index contributed by atoms with van der Waals surface area (Å²) in [6.07, 6.45) is 2.97. The van der Waals surface area contributed by atoms with Gasteiger partial charge in [-0.1, -0.05) is 13.8 Å². The first kappa shape index (κ1) is 19.1. The number of anilines is 1. The summed E-state index contributed by atoms with van der Waals surface area (Å²) in [6, 6.07) is 0.390. The van der Waals surface area contributed by atoms with Crippen LogP contribution in [0.3, 0.4) is 0 Å². The lowest BCUT2D eigenvalue weighted by Gasteiger charge is -2.32. The zero-order valence-corrected chi connectivity index (χ0v) is 16.5. The zero-order valence-electron chi connectivity index (χ0n) is 14.9. The molecule has 1 aliphatic rings. The Hall–Kier alpha value is -1.18. The van der Waals surface area contributed by atoms with Gasteiger partial charge < -0.3 is 20.3 Å². The van der Waals surface area contributed by atoms with Crippen molar-refractivity contribution in [2.24, 2.45) is 0 Å². The van der Waals surface area contributed by atoms with Gasteiger partial charge >= 0.3 is 5.97 Å². The molecule has 0 spiro atoms. The molecular formula is C17H27N3O2S2. The number of carbonyl (C=O) groups excluding carboxylic acids is 1. The largest absolute Gasteiger partial charge is 0.465 e. The molecular weight excluding hydrogens is 342 g/mol. The first-order chi connectivity index (χ1) is 11.5. The number of rotatable bonds is 5. The molecule has 5 nitrogen and oxygen atoms in total. The summed E-state index contributed by atoms with van der Waals surface area (Å²) < 4.78 is 4.95. The first-order valence-corrected chi connectivity index (χ1v) is 9.73. The van der Waals surface area contributed by atoms with Crippen LogP contribution in [-0.2, 0) is 11.2 Å². The first-order valence-electron chi connectivity index (χ1n) is 8.50. The SMILES string of the molecule is CCc1c(C)sc(NC(=S)NC2CCN(CC)CC2)c1C(=O)OC. The Bertz CT molecular complexity index is 593. The number of thiocarbonyl (C=S) groups is 1. The van der Waals surface area contributed by atoms with Gasteiger partial charge in [0, 0.05) is 24.0 Å². The molecule has 0 aromatic carbocycles. The fraction of sp³-hybridized carbons (Fsp3) is 0.647. The van der Waals surface area contributed by atoms with Crippen LogP contribution in [0, 0.1) is 6.92 Å². The van der Waals surface area contributed by atoms with Gasteiger partial charge in [0.15, 0.2) is 5.11 Å². The average molecular weight is 370 g/mol. The number of nitrogens with zero attached hydrogens (tertiary/aromatic N) is 1. The summed E-state index contributed by atoms with van der Waals surface area (Å²) in [5.41, 5.74) is 1.65. The molecule has 7 heteroatoms. The Morgan fingerprint density at radius 1 is 1.38 bits per heavy atom. The number of methoxy groups -OCH3 is 1. The van der Waals surface area contributed by atoms with Crippen LogP contribution in [-0.4, -0.2) is 48.8 Å². The molecule has 1 aromatic heterocycles. The van der Waals surface area contributed by atoms with Crippen molar-refractivity contribution in [1.82, 2.24) is 10.2 Å². The highest BCUT2D eigenvalue weighted by Gasteiger charge is 2.23. The van der Waals surface area contributed by atoms with Crippen molar-refractivity contribution in [2.45, 2.75) is 46.1 Å². The van der Waals surface area contributed by atoms with Gasteiger partial charge in [0.25, 0.3) is 0 Å². The van der Waals surface area contributed by atoms with Crippen LogP contribution in [0.15, 0.2) is 0 Å². The van der Waals surface area contributed by atoms with E-state index in [2.05, 4.69) is 22.5 Å². The lowest BCUT2D eigenvalue weighted by Crippen LogP contribution is -2.45. The fourth-order valence-corrected chi connectivity index (χ4v) is 4.60. The molecule has 2 rings (SSSR count). The second-order valence-corrected chi connectivity index (χ2v) is 7.63. The highest BCUT2D eigenvalue weighted by molar-refractivity contribution is 7.80. The molecule has 0 atom stereocenters. The van der Waals surface area contributed by atoms with Gasteiger partial charge in [0.1, 0.15) is 5.00 Å². The summed E-state index contributed by atoms with van der Waals surface area (Å²) in [7, 11) is 1.41. The predicted octanol–water partition coefficient (Wildman–Crippen LogP) is 3.18. The number of ether oxygens (including phenoxy) is 1. The molecule has 0 amide bonds. The number of nitrogens with one attached hydrogen (secondary N) is 2. The van der Waals surface area contributed by atoms with Gasteiger partial charge in [0.05, 0.1) is 12.7 Å². The number of piperidine rings is 1. The molecule has 0 unspecified atom stereocenters. The minimum absolute atomic E-state index is 0.308. The quantitative estimate of drug-likeness (QED) is 0.614. The van der Waals surface area contributed by atoms with E-state index in [9.17, 15) is 4.79 Å². The number of aryl methyl sites for hydroxylation is 1. The van der Waals surface area contributed by atoms with E-state index in [0.29, 0.717) is 16.7 Å². The van der Waals surface area contributed by atoms with Crippen molar-refractivity contribution in [3.63, 3.8) is 0 Å². The van der Waals surface area contributed by atoms with E-state index < -0.39 is 0 Å². The Labute approximate surface area is 153 Å². The van der Waals surface area contributed by atoms with Gasteiger partial charge in [-0.05, 0) is 50.5 Å². The smallest absolute Gasteiger partial charge is 0.341 e. The standard InChI is InChI=1S/C17H27N3O2S2/c1-5-13-11(3)24-15(14(13)16(21)22-4)19-17(23)18-12-7-9-20(6-2)10-8-12/h12H,5-10H2,1-4H3,(H2,18,19,23). The van der Waals surface area contributed by atoms with Gasteiger partial charge in [-0.3, -0.25) is 0 Å². The van der Waals surface area contributed by atoms with Crippen molar-refractivity contribution in [3.8, 4) is 0 Å². The number of esters is 1. The molecule has 24 heavy (non-hydrogen) atoms. The van der Waals surface area contributed by atoms with Crippen molar-refractivity contribution in [1.29, 1.82) is 0 Å². The summed E-state index contributed by atoms with van der Waals surface area (Å²) in [4.78, 5) is 15.7. The lowest BCUT2D eigenvalue weighted by molar-refractivity contribution is 0.0601. The highest BCUT2D eigenvalue weighted by Crippen LogP contribution is 2.34. The van der Waals surface area contributed by atoms with Gasteiger partial charge in [0.2, 0.25) is 0 Å². The fourth-order valence-electron chi connectivity index (χ4n) is 3.13. The van der Waals surface area contributed by atoms with Crippen LogP contribution < -0.4 is 10.6 Å². The summed E-state index contributed by atoms with van der Waals surface area (Å²) in [5, 5.41) is 7.97. The number of likely N-dealkylation sites (tertiary alicyclic amines) is 1. The van der Waals surface area contributed by atoms with Gasteiger partial charge in [-0.2, -0.15) is 0 Å². The average Bonchev–Trinajstić information content (AvgIpc) is 2.89. The van der Waals surface area contributed by atoms with E-state index in [0.717, 1.165) is 54.3 Å². The summed E-state index contributed by atoms with van der Waals surface area (Å²) in [5.74, 6) is -0.308. The van der Waals surface area contributed by atoms with Crippen LogP contribution in [0.1, 0.15) is 47.5 Å². The zero-order chi connectivity index (χ0) is 17.7. The Morgan fingerprint density at radius 2 is 2.04 bits per heavy atom. The van der Waals surface area contributed by atoms with Gasteiger partial charge in [-0.25, -0.2) is 4.79 Å². The highest BCUT2D eigenvalue weighted by atomic mass is 32.1. The summed E-state index contributed by atoms with van der Waals surface area (Å²) >= 11 is 7.02. The number of carbonyl (C=O) groups is 1. The lowest BCUT2D eigenvalue weighted by atomic mass is 10.1. The number of hydrogen-bond acceptors (Lipinski definition) is 5. The van der Waals surface area contributed by atoms with Crippen LogP contribution in [0.4, 0.5) is 5.00 Å². The summed E-state index contributed by atoms with van der Waals surface area (Å²) in [6.45, 7) is 9.57. The Balaban J connectivity index is 2.03. The van der Waals surface area contributed by atoms with E-state index in [1.807, 2.05) is 13.8 Å². The Kier molecular flexibility index (Phi) is 7.01. The molecule has 1 saturated heterocycles. The molecule has 1 aliphatic heterocycles. The third-order valence-electron chi connectivity index (χ3n) is 4.55. The Morgan fingerprint density at radius 3 is 2.58 bits per heavy atom. The van der Waals surface area contributed by atoms with Crippen molar-refractivity contribution < 1.29 is 9.53 Å². The van der Waals surface area contributed by atoms with Crippen molar-refractivity contribution >= 4 is 39.6 Å². The van der Waals surface area contributed by atoms with Crippen LogP contribution >= 0.6 is 23.6 Å². The van der Waals surface area contributed by atoms with Crippen LogP contribution in [0.5, 0.6) is 0 Å². The molecule has 2 N–H and O–H groups in total. The maximum Gasteiger partial charge on any atom is 0.341 e. The molecule has 1 aromatic rings. The van der Waals surface area contributed by atoms with Gasteiger partial charge in [-0.15, -0.1) is 11.3 Å². The second-order valence-electron chi connectivity index (χ2n) is 5.99. The molecule has 134 valence electrons. The van der Waals surface area contributed by atoms with E-state index in [1.54, 1.807) is 11.3 Å². The molecule has 0 aliphatic carbocycles. The molecule has 1 fully saturated rings. The third-order valence-corrected chi connectivity index (χ3v) is 5.83. The van der Waals surface area contributed by atoms with Crippen molar-refractivity contribution in [3.05, 3.63) is 16.0 Å². The minimum atomic E-state index is -0.308. The topological polar surface area (TPSA) is 53.6 Å². The maximum absolute atomic E-state index is 12.1. The molecule has 0 radical (unpaired) electrons. The van der Waals surface area contributed by atoms with E-state index in [-0.39, 0.29) is 5.97 Å². The molecule has 0 bridgehead atoms. The van der Waals surface area contributed by atoms with Crippen molar-refractivity contribution in [2.75, 3.05) is 32.1 Å². The molecule has 2 heterocycles. The predicted molar refractivity (Wildman–Crippen MR) is 104 cm³/mol. The molecule has 0 saturated carbocycles. The monoisotopic (exact) mass is 369 g/mol. The third kappa shape index (κ3) is 4.46. The number of thiophene rings is 1. The number of hydrogen-bond donors (Lipinski definition) is 2. The second kappa shape index (κ2) is 8.78. The van der Waals surface area contributed by atoms with E-state index >= 15 is 0 Å². The maximum atomic E-state index is 12.1.